The summed E-state index contributed by atoms with van der Waals surface area (Å²) < 4.78 is 78.3. The number of fused-ring (bicyclic) bond motifs is 1. The molecule has 194 valence electrons. The van der Waals surface area contributed by atoms with Gasteiger partial charge in [0.05, 0.1) is 27.6 Å². The number of H-pyrrole nitrogens is 1. The second kappa shape index (κ2) is 9.42. The summed E-state index contributed by atoms with van der Waals surface area (Å²) >= 11 is 5.58. The van der Waals surface area contributed by atoms with Gasteiger partial charge >= 0.3 is 12.4 Å². The van der Waals surface area contributed by atoms with Crippen LogP contribution >= 0.6 is 11.6 Å². The highest BCUT2D eigenvalue weighted by atomic mass is 35.5. The van der Waals surface area contributed by atoms with E-state index in [9.17, 15) is 40.7 Å². The molecule has 0 fully saturated rings. The predicted molar refractivity (Wildman–Crippen MR) is 121 cm³/mol. The maximum atomic E-state index is 13.1. The van der Waals surface area contributed by atoms with Crippen LogP contribution in [-0.4, -0.2) is 21.8 Å². The Hall–Kier alpha value is -4.07. The zero-order valence-corrected chi connectivity index (χ0v) is 18.9. The minimum Gasteiger partial charge on any atom is -0.326 e. The Morgan fingerprint density at radius 1 is 1.00 bits per heavy atom. The first-order chi connectivity index (χ1) is 17.2. The number of nitrogens with zero attached hydrogens (tertiary/aromatic N) is 1. The SMILES string of the molecule is O=C1CC(C(=O)Nc2ccc(Cl)c(C(F)(F)F)c2)c2c(nc(Nc3cccc(C(F)(F)F)c3)[nH]c2=O)N1. The molecule has 0 aliphatic carbocycles. The van der Waals surface area contributed by atoms with Crippen LogP contribution in [0.5, 0.6) is 0 Å². The minimum atomic E-state index is -4.79. The summed E-state index contributed by atoms with van der Waals surface area (Å²) in [5.74, 6) is -3.76. The first-order valence-corrected chi connectivity index (χ1v) is 10.7. The lowest BCUT2D eigenvalue weighted by atomic mass is 9.92. The zero-order valence-electron chi connectivity index (χ0n) is 18.1. The van der Waals surface area contributed by atoms with Gasteiger partial charge in [-0.05, 0) is 36.4 Å². The van der Waals surface area contributed by atoms with Gasteiger partial charge in [-0.2, -0.15) is 31.3 Å². The van der Waals surface area contributed by atoms with Crippen LogP contribution in [0.1, 0.15) is 29.0 Å². The molecule has 0 saturated carbocycles. The fraction of sp³-hybridized carbons (Fsp3) is 0.182. The van der Waals surface area contributed by atoms with Gasteiger partial charge in [-0.15, -0.1) is 0 Å². The highest BCUT2D eigenvalue weighted by Gasteiger charge is 2.36. The topological polar surface area (TPSA) is 116 Å². The Morgan fingerprint density at radius 3 is 2.41 bits per heavy atom. The van der Waals surface area contributed by atoms with Crippen molar-refractivity contribution < 1.29 is 35.9 Å². The molecule has 3 aromatic rings. The second-order valence-electron chi connectivity index (χ2n) is 7.87. The Balaban J connectivity index is 1.62. The number of amides is 2. The molecule has 1 aliphatic rings. The van der Waals surface area contributed by atoms with Crippen LogP contribution in [0.25, 0.3) is 0 Å². The van der Waals surface area contributed by atoms with Gasteiger partial charge in [0.2, 0.25) is 17.8 Å². The smallest absolute Gasteiger partial charge is 0.326 e. The summed E-state index contributed by atoms with van der Waals surface area (Å²) in [5.41, 5.74) is -3.68. The molecule has 1 aliphatic heterocycles. The number of aromatic nitrogens is 2. The lowest BCUT2D eigenvalue weighted by Gasteiger charge is -2.24. The lowest BCUT2D eigenvalue weighted by Crippen LogP contribution is -2.36. The molecular formula is C22H14ClF6N5O3. The monoisotopic (exact) mass is 545 g/mol. The summed E-state index contributed by atoms with van der Waals surface area (Å²) in [4.78, 5) is 44.1. The normalized spacial score (nSPS) is 15.5. The average Bonchev–Trinajstić information content (AvgIpc) is 2.78. The summed E-state index contributed by atoms with van der Waals surface area (Å²) in [7, 11) is 0. The molecule has 2 heterocycles. The molecule has 15 heteroatoms. The first kappa shape index (κ1) is 26.0. The molecule has 0 saturated heterocycles. The van der Waals surface area contributed by atoms with Gasteiger partial charge in [0.25, 0.3) is 5.56 Å². The van der Waals surface area contributed by atoms with Gasteiger partial charge in [0.1, 0.15) is 5.82 Å². The third-order valence-electron chi connectivity index (χ3n) is 5.26. The van der Waals surface area contributed by atoms with E-state index >= 15 is 0 Å². The largest absolute Gasteiger partial charge is 0.417 e. The number of benzene rings is 2. The molecule has 4 rings (SSSR count). The van der Waals surface area contributed by atoms with Crippen molar-refractivity contribution in [3.63, 3.8) is 0 Å². The summed E-state index contributed by atoms with van der Waals surface area (Å²) in [6, 6.07) is 6.68. The Labute approximate surface area is 208 Å². The van der Waals surface area contributed by atoms with Crippen LogP contribution in [0, 0.1) is 0 Å². The molecule has 0 spiro atoms. The van der Waals surface area contributed by atoms with E-state index in [4.69, 9.17) is 11.6 Å². The van der Waals surface area contributed by atoms with Crippen LogP contribution in [0.15, 0.2) is 47.3 Å². The van der Waals surface area contributed by atoms with Crippen molar-refractivity contribution in [2.45, 2.75) is 24.7 Å². The standard InChI is InChI=1S/C22H14ClF6N5O3/c23-14-5-4-11(7-13(14)22(27,28)29)30-18(36)12-8-15(35)32-17-16(12)19(37)34-20(33-17)31-10-3-1-2-9(6-10)21(24,25)26/h1-7,12H,8H2,(H,30,36)(H3,31,32,33,34,35,37). The number of hydrogen-bond donors (Lipinski definition) is 4. The third kappa shape index (κ3) is 5.69. The summed E-state index contributed by atoms with van der Waals surface area (Å²) in [6.45, 7) is 0. The number of hydrogen-bond acceptors (Lipinski definition) is 5. The molecule has 1 aromatic heterocycles. The fourth-order valence-corrected chi connectivity index (χ4v) is 3.84. The van der Waals surface area contributed by atoms with Gasteiger partial charge in [0.15, 0.2) is 0 Å². The van der Waals surface area contributed by atoms with E-state index in [0.717, 1.165) is 30.3 Å². The first-order valence-electron chi connectivity index (χ1n) is 10.3. The number of carbonyl (C=O) groups excluding carboxylic acids is 2. The van der Waals surface area contributed by atoms with Crippen LogP contribution in [0.3, 0.4) is 0 Å². The molecule has 37 heavy (non-hydrogen) atoms. The number of nitrogens with one attached hydrogen (secondary N) is 4. The molecule has 2 amide bonds. The van der Waals surface area contributed by atoms with Gasteiger partial charge < -0.3 is 16.0 Å². The summed E-state index contributed by atoms with van der Waals surface area (Å²) in [5, 5.41) is 6.45. The van der Waals surface area contributed by atoms with Gasteiger partial charge in [-0.25, -0.2) is 0 Å². The van der Waals surface area contributed by atoms with Crippen molar-refractivity contribution in [2.24, 2.45) is 0 Å². The van der Waals surface area contributed by atoms with E-state index in [1.54, 1.807) is 0 Å². The van der Waals surface area contributed by atoms with Crippen molar-refractivity contribution in [2.75, 3.05) is 16.0 Å². The number of halogens is 7. The van der Waals surface area contributed by atoms with Crippen LogP contribution < -0.4 is 21.5 Å². The van der Waals surface area contributed by atoms with Gasteiger partial charge in [0, 0.05) is 17.8 Å². The highest BCUT2D eigenvalue weighted by Crippen LogP contribution is 2.37. The third-order valence-corrected chi connectivity index (χ3v) is 5.59. The molecule has 8 nitrogen and oxygen atoms in total. The van der Waals surface area contributed by atoms with E-state index in [-0.39, 0.29) is 28.7 Å². The number of alkyl halides is 6. The Bertz CT molecular complexity index is 1450. The summed E-state index contributed by atoms with van der Waals surface area (Å²) in [6.07, 6.45) is -9.92. The van der Waals surface area contributed by atoms with Crippen LogP contribution in [0.2, 0.25) is 5.02 Å². The average molecular weight is 546 g/mol. The molecule has 4 N–H and O–H groups in total. The van der Waals surface area contributed by atoms with E-state index in [1.165, 1.54) is 6.07 Å². The highest BCUT2D eigenvalue weighted by molar-refractivity contribution is 6.31. The van der Waals surface area contributed by atoms with E-state index < -0.39 is 58.2 Å². The van der Waals surface area contributed by atoms with Gasteiger partial charge in [-0.3, -0.25) is 19.4 Å². The number of aromatic amines is 1. The van der Waals surface area contributed by atoms with E-state index in [1.807, 2.05) is 0 Å². The molecule has 0 bridgehead atoms. The number of carbonyl (C=O) groups is 2. The molecule has 1 unspecified atom stereocenters. The van der Waals surface area contributed by atoms with E-state index in [2.05, 4.69) is 25.9 Å². The lowest BCUT2D eigenvalue weighted by molar-refractivity contribution is -0.138. The van der Waals surface area contributed by atoms with Crippen molar-refractivity contribution in [3.8, 4) is 0 Å². The minimum absolute atomic E-state index is 0.0717. The zero-order chi connectivity index (χ0) is 27.1. The number of anilines is 4. The molecular weight excluding hydrogens is 532 g/mol. The maximum Gasteiger partial charge on any atom is 0.417 e. The maximum absolute atomic E-state index is 13.1. The van der Waals surface area contributed by atoms with Crippen LogP contribution in [0.4, 0.5) is 49.5 Å². The number of rotatable bonds is 4. The predicted octanol–water partition coefficient (Wildman–Crippen LogP) is 5.27. The van der Waals surface area contributed by atoms with Crippen molar-refractivity contribution in [1.82, 2.24) is 9.97 Å². The Morgan fingerprint density at radius 2 is 1.73 bits per heavy atom. The fourth-order valence-electron chi connectivity index (χ4n) is 3.61. The van der Waals surface area contributed by atoms with Crippen molar-refractivity contribution >= 4 is 46.6 Å². The molecule has 2 aromatic carbocycles. The molecule has 1 atom stereocenters. The van der Waals surface area contributed by atoms with Crippen LogP contribution in [-0.2, 0) is 21.9 Å². The Kier molecular flexibility index (Phi) is 6.62. The van der Waals surface area contributed by atoms with E-state index in [0.29, 0.717) is 6.07 Å². The second-order valence-corrected chi connectivity index (χ2v) is 8.27. The van der Waals surface area contributed by atoms with Gasteiger partial charge in [-0.1, -0.05) is 17.7 Å². The van der Waals surface area contributed by atoms with Crippen molar-refractivity contribution in [1.29, 1.82) is 0 Å². The quantitative estimate of drug-likeness (QED) is 0.333. The van der Waals surface area contributed by atoms with Crippen molar-refractivity contribution in [3.05, 3.63) is 74.5 Å². The molecule has 0 radical (unpaired) electrons.